The molecule has 1 N–H and O–H groups in total. The van der Waals surface area contributed by atoms with Crippen LogP contribution in [0.5, 0.6) is 0 Å². The monoisotopic (exact) mass is 354 g/mol. The van der Waals surface area contributed by atoms with E-state index in [1.807, 2.05) is 6.20 Å². The Balaban J connectivity index is 1.98. The van der Waals surface area contributed by atoms with Gasteiger partial charge in [0, 0.05) is 12.5 Å². The van der Waals surface area contributed by atoms with Crippen LogP contribution in [0.3, 0.4) is 0 Å². The van der Waals surface area contributed by atoms with Gasteiger partial charge in [-0.2, -0.15) is 5.10 Å². The molecule has 0 spiro atoms. The zero-order valence-corrected chi connectivity index (χ0v) is 15.4. The molecule has 1 aromatic heterocycles. The maximum Gasteiger partial charge on any atom is 0.0650 e. The first kappa shape index (κ1) is 17.3. The Kier molecular flexibility index (Phi) is 5.13. The van der Waals surface area contributed by atoms with Crippen molar-refractivity contribution in [3.63, 3.8) is 0 Å². The van der Waals surface area contributed by atoms with Crippen LogP contribution in [0.15, 0.2) is 85.1 Å². The van der Waals surface area contributed by atoms with Gasteiger partial charge in [-0.25, -0.2) is 0 Å². The van der Waals surface area contributed by atoms with Gasteiger partial charge in [0.2, 0.25) is 0 Å². The van der Waals surface area contributed by atoms with Crippen LogP contribution in [0.1, 0.15) is 23.1 Å². The van der Waals surface area contributed by atoms with Crippen molar-refractivity contribution < 1.29 is 4.74 Å². The first-order valence-electron chi connectivity index (χ1n) is 9.13. The fraction of sp³-hybridized carbons (Fsp3) is 0.125. The van der Waals surface area contributed by atoms with E-state index < -0.39 is 0 Å². The normalized spacial score (nSPS) is 12.2. The molecule has 0 amide bonds. The Morgan fingerprint density at radius 2 is 1.56 bits per heavy atom. The fourth-order valence-corrected chi connectivity index (χ4v) is 3.48. The summed E-state index contributed by atoms with van der Waals surface area (Å²) in [6.07, 6.45) is 2.72. The van der Waals surface area contributed by atoms with Gasteiger partial charge in [0.25, 0.3) is 0 Å². The summed E-state index contributed by atoms with van der Waals surface area (Å²) in [5, 5.41) is 8.31. The number of hydrogen-bond donors (Lipinski definition) is 1. The molecular formula is C24H22N2O. The smallest absolute Gasteiger partial charge is 0.0650 e. The van der Waals surface area contributed by atoms with E-state index in [-0.39, 0.29) is 0 Å². The highest BCUT2D eigenvalue weighted by molar-refractivity contribution is 6.00. The highest BCUT2D eigenvalue weighted by Crippen LogP contribution is 2.35. The van der Waals surface area contributed by atoms with Gasteiger partial charge in [-0.15, -0.1) is 0 Å². The Bertz CT molecular complexity index is 1050. The van der Waals surface area contributed by atoms with Crippen LogP contribution in [0, 0.1) is 0 Å². The predicted molar refractivity (Wildman–Crippen MR) is 111 cm³/mol. The Hall–Kier alpha value is -3.17. The third-order valence-electron chi connectivity index (χ3n) is 4.77. The summed E-state index contributed by atoms with van der Waals surface area (Å²) >= 11 is 0. The van der Waals surface area contributed by atoms with Gasteiger partial charge >= 0.3 is 0 Å². The molecule has 0 saturated heterocycles. The maximum atomic E-state index is 5.42. The van der Waals surface area contributed by atoms with Crippen LogP contribution in [-0.4, -0.2) is 23.9 Å². The molecule has 3 aromatic carbocycles. The summed E-state index contributed by atoms with van der Waals surface area (Å²) in [6, 6.07) is 27.6. The fourth-order valence-electron chi connectivity index (χ4n) is 3.48. The Morgan fingerprint density at radius 1 is 0.852 bits per heavy atom. The van der Waals surface area contributed by atoms with Gasteiger partial charge < -0.3 is 4.74 Å². The van der Waals surface area contributed by atoms with E-state index in [1.165, 1.54) is 27.8 Å². The molecule has 0 atom stereocenters. The van der Waals surface area contributed by atoms with E-state index in [4.69, 9.17) is 4.74 Å². The molecule has 0 fully saturated rings. The zero-order chi connectivity index (χ0) is 18.5. The number of hydrogen-bond acceptors (Lipinski definition) is 2. The molecule has 27 heavy (non-hydrogen) atoms. The number of aromatic nitrogens is 2. The average molecular weight is 354 g/mol. The van der Waals surface area contributed by atoms with Gasteiger partial charge in [0.15, 0.2) is 0 Å². The molecule has 0 saturated carbocycles. The predicted octanol–water partition coefficient (Wildman–Crippen LogP) is 5.56. The minimum atomic E-state index is 0.675. The zero-order valence-electron chi connectivity index (χ0n) is 15.4. The summed E-state index contributed by atoms with van der Waals surface area (Å²) in [5.41, 5.74) is 7.18. The molecule has 134 valence electrons. The largest absolute Gasteiger partial charge is 0.384 e. The number of nitrogens with one attached hydrogen (secondary N) is 1. The molecular weight excluding hydrogens is 332 g/mol. The lowest BCUT2D eigenvalue weighted by Crippen LogP contribution is -1.99. The van der Waals surface area contributed by atoms with Crippen molar-refractivity contribution in [2.75, 3.05) is 13.7 Å². The summed E-state index contributed by atoms with van der Waals surface area (Å²) in [4.78, 5) is 0. The van der Waals surface area contributed by atoms with Crippen LogP contribution in [-0.2, 0) is 4.74 Å². The third-order valence-corrected chi connectivity index (χ3v) is 4.77. The second-order valence-corrected chi connectivity index (χ2v) is 6.50. The van der Waals surface area contributed by atoms with Crippen molar-refractivity contribution in [1.29, 1.82) is 0 Å². The lowest BCUT2D eigenvalue weighted by atomic mass is 9.87. The van der Waals surface area contributed by atoms with Crippen LogP contribution < -0.4 is 0 Å². The highest BCUT2D eigenvalue weighted by Gasteiger charge is 2.14. The number of benzene rings is 3. The number of fused-ring (bicyclic) bond motifs is 1. The average Bonchev–Trinajstić information content (AvgIpc) is 3.20. The first-order chi connectivity index (χ1) is 13.4. The molecule has 4 aromatic rings. The number of aromatic amines is 1. The Morgan fingerprint density at radius 3 is 2.26 bits per heavy atom. The van der Waals surface area contributed by atoms with Crippen molar-refractivity contribution in [3.05, 3.63) is 102 Å². The number of nitrogens with zero attached hydrogens (tertiary/aromatic N) is 1. The van der Waals surface area contributed by atoms with E-state index in [9.17, 15) is 0 Å². The summed E-state index contributed by atoms with van der Waals surface area (Å²) in [6.45, 7) is 0.675. The van der Waals surface area contributed by atoms with Crippen LogP contribution >= 0.6 is 0 Å². The molecule has 4 rings (SSSR count). The molecule has 0 bridgehead atoms. The van der Waals surface area contributed by atoms with Crippen LogP contribution in [0.4, 0.5) is 0 Å². The Labute approximate surface area is 159 Å². The van der Waals surface area contributed by atoms with E-state index in [2.05, 4.69) is 89.1 Å². The van der Waals surface area contributed by atoms with E-state index in [0.29, 0.717) is 6.61 Å². The van der Waals surface area contributed by atoms with Gasteiger partial charge in [-0.05, 0) is 46.4 Å². The molecule has 0 aliphatic heterocycles. The minimum absolute atomic E-state index is 0.675. The van der Waals surface area contributed by atoms with Crippen molar-refractivity contribution in [2.45, 2.75) is 6.42 Å². The maximum absolute atomic E-state index is 5.42. The van der Waals surface area contributed by atoms with Gasteiger partial charge in [-0.3, -0.25) is 5.10 Å². The van der Waals surface area contributed by atoms with Crippen LogP contribution in [0.2, 0.25) is 0 Å². The highest BCUT2D eigenvalue weighted by atomic mass is 16.5. The van der Waals surface area contributed by atoms with Gasteiger partial charge in [0.1, 0.15) is 0 Å². The number of H-pyrrole nitrogens is 1. The van der Waals surface area contributed by atoms with Crippen LogP contribution in [0.25, 0.3) is 22.0 Å². The lowest BCUT2D eigenvalue weighted by Gasteiger charge is -2.17. The molecule has 3 heteroatoms. The minimum Gasteiger partial charge on any atom is -0.384 e. The van der Waals surface area contributed by atoms with Crippen molar-refractivity contribution in [2.24, 2.45) is 0 Å². The van der Waals surface area contributed by atoms with E-state index in [0.717, 1.165) is 17.3 Å². The second-order valence-electron chi connectivity index (χ2n) is 6.50. The molecule has 1 heterocycles. The molecule has 0 radical (unpaired) electrons. The van der Waals surface area contributed by atoms with Gasteiger partial charge in [0.05, 0.1) is 18.3 Å². The molecule has 3 nitrogen and oxygen atoms in total. The topological polar surface area (TPSA) is 37.9 Å². The lowest BCUT2D eigenvalue weighted by molar-refractivity contribution is 0.206. The first-order valence-corrected chi connectivity index (χ1v) is 9.13. The summed E-state index contributed by atoms with van der Waals surface area (Å²) in [5.74, 6) is 0. The molecule has 0 aliphatic rings. The number of rotatable bonds is 6. The van der Waals surface area contributed by atoms with Crippen molar-refractivity contribution >= 4 is 22.0 Å². The van der Waals surface area contributed by atoms with E-state index >= 15 is 0 Å². The molecule has 0 aliphatic carbocycles. The van der Waals surface area contributed by atoms with Crippen molar-refractivity contribution in [1.82, 2.24) is 10.2 Å². The molecule has 0 unspecified atom stereocenters. The number of ether oxygens (including phenoxy) is 1. The quantitative estimate of drug-likeness (QED) is 0.460. The van der Waals surface area contributed by atoms with Crippen molar-refractivity contribution in [3.8, 4) is 0 Å². The summed E-state index contributed by atoms with van der Waals surface area (Å²) in [7, 11) is 1.75. The SMILES string of the molecule is COCC/C(=C(/c1ccccc1)c1ccc2[nH]ncc2c1)c1ccccc1. The summed E-state index contributed by atoms with van der Waals surface area (Å²) < 4.78 is 5.42. The standard InChI is InChI=1S/C24H22N2O/c1-27-15-14-22(18-8-4-2-5-9-18)24(19-10-6-3-7-11-19)20-12-13-23-21(16-20)17-25-26-23/h2-13,16-17H,14-15H2,1H3,(H,25,26)/b24-22+. The second kappa shape index (κ2) is 8.02. The van der Waals surface area contributed by atoms with Gasteiger partial charge in [-0.1, -0.05) is 66.7 Å². The third kappa shape index (κ3) is 3.69. The van der Waals surface area contributed by atoms with E-state index in [1.54, 1.807) is 7.11 Å². The number of methoxy groups -OCH3 is 1.